The monoisotopic (exact) mass is 206 g/mol. The molecule has 0 amide bonds. The molecule has 1 fully saturated rings. The zero-order valence-corrected chi connectivity index (χ0v) is 9.16. The third kappa shape index (κ3) is 2.58. The number of aryl methyl sites for hydroxylation is 1. The van der Waals surface area contributed by atoms with Gasteiger partial charge in [-0.1, -0.05) is 19.3 Å². The summed E-state index contributed by atoms with van der Waals surface area (Å²) < 4.78 is 0. The molecule has 4 heteroatoms. The lowest BCUT2D eigenvalue weighted by Crippen LogP contribution is -2.23. The summed E-state index contributed by atoms with van der Waals surface area (Å²) in [5, 5.41) is 3.37. The van der Waals surface area contributed by atoms with Crippen molar-refractivity contribution in [1.82, 2.24) is 9.97 Å². The number of nitrogens with one attached hydrogen (secondary N) is 1. The van der Waals surface area contributed by atoms with Gasteiger partial charge in [0.2, 0.25) is 5.95 Å². The Morgan fingerprint density at radius 1 is 1.33 bits per heavy atom. The maximum absolute atomic E-state index is 5.67. The van der Waals surface area contributed by atoms with Gasteiger partial charge in [0.25, 0.3) is 0 Å². The number of nitrogens with zero attached hydrogens (tertiary/aromatic N) is 2. The molecule has 0 aliphatic heterocycles. The molecule has 15 heavy (non-hydrogen) atoms. The minimum absolute atomic E-state index is 0.543. The molecule has 1 aromatic rings. The first-order valence-corrected chi connectivity index (χ1v) is 5.61. The summed E-state index contributed by atoms with van der Waals surface area (Å²) in [7, 11) is 0. The SMILES string of the molecule is Cc1nc(NC2CCCCC2)ncc1N. The van der Waals surface area contributed by atoms with Gasteiger partial charge in [-0.3, -0.25) is 0 Å². The summed E-state index contributed by atoms with van der Waals surface area (Å²) in [6, 6.07) is 0.543. The van der Waals surface area contributed by atoms with Crippen LogP contribution < -0.4 is 11.1 Å². The van der Waals surface area contributed by atoms with Gasteiger partial charge in [-0.2, -0.15) is 0 Å². The van der Waals surface area contributed by atoms with Crippen LogP contribution in [0.4, 0.5) is 11.6 Å². The molecule has 0 spiro atoms. The molecule has 1 heterocycles. The van der Waals surface area contributed by atoms with Crippen molar-refractivity contribution in [2.75, 3.05) is 11.1 Å². The lowest BCUT2D eigenvalue weighted by molar-refractivity contribution is 0.461. The van der Waals surface area contributed by atoms with Crippen LogP contribution in [0.3, 0.4) is 0 Å². The maximum atomic E-state index is 5.67. The summed E-state index contributed by atoms with van der Waals surface area (Å²) >= 11 is 0. The topological polar surface area (TPSA) is 63.8 Å². The average molecular weight is 206 g/mol. The van der Waals surface area contributed by atoms with Gasteiger partial charge in [-0.25, -0.2) is 9.97 Å². The first kappa shape index (κ1) is 10.2. The number of anilines is 2. The van der Waals surface area contributed by atoms with Crippen LogP contribution >= 0.6 is 0 Å². The lowest BCUT2D eigenvalue weighted by Gasteiger charge is -2.22. The molecular weight excluding hydrogens is 188 g/mol. The summed E-state index contributed by atoms with van der Waals surface area (Å²) in [4.78, 5) is 8.51. The molecule has 0 saturated heterocycles. The van der Waals surface area contributed by atoms with E-state index < -0.39 is 0 Å². The van der Waals surface area contributed by atoms with E-state index in [-0.39, 0.29) is 0 Å². The number of nitrogens with two attached hydrogens (primary N) is 1. The quantitative estimate of drug-likeness (QED) is 0.778. The Hall–Kier alpha value is -1.32. The van der Waals surface area contributed by atoms with Crippen molar-refractivity contribution < 1.29 is 0 Å². The molecule has 0 radical (unpaired) electrons. The Morgan fingerprint density at radius 3 is 2.73 bits per heavy atom. The van der Waals surface area contributed by atoms with E-state index in [2.05, 4.69) is 15.3 Å². The normalized spacial score (nSPS) is 17.7. The fraction of sp³-hybridized carbons (Fsp3) is 0.636. The highest BCUT2D eigenvalue weighted by molar-refractivity contribution is 5.43. The van der Waals surface area contributed by atoms with Crippen LogP contribution in [0, 0.1) is 6.92 Å². The third-order valence-electron chi connectivity index (χ3n) is 2.96. The molecule has 0 aromatic carbocycles. The summed E-state index contributed by atoms with van der Waals surface area (Å²) in [6.45, 7) is 1.91. The van der Waals surface area contributed by atoms with Gasteiger partial charge in [0, 0.05) is 6.04 Å². The zero-order chi connectivity index (χ0) is 10.7. The molecule has 1 aliphatic rings. The molecule has 1 aliphatic carbocycles. The number of hydrogen-bond donors (Lipinski definition) is 2. The summed E-state index contributed by atoms with van der Waals surface area (Å²) in [5.41, 5.74) is 7.18. The van der Waals surface area contributed by atoms with E-state index in [4.69, 9.17) is 5.73 Å². The zero-order valence-electron chi connectivity index (χ0n) is 9.16. The molecule has 82 valence electrons. The van der Waals surface area contributed by atoms with Crippen LogP contribution in [0.1, 0.15) is 37.8 Å². The first-order chi connectivity index (χ1) is 7.25. The highest BCUT2D eigenvalue weighted by Crippen LogP contribution is 2.20. The first-order valence-electron chi connectivity index (χ1n) is 5.61. The van der Waals surface area contributed by atoms with E-state index in [1.54, 1.807) is 6.20 Å². The van der Waals surface area contributed by atoms with Crippen molar-refractivity contribution in [2.45, 2.75) is 45.1 Å². The van der Waals surface area contributed by atoms with Gasteiger partial charge in [-0.05, 0) is 19.8 Å². The maximum Gasteiger partial charge on any atom is 0.223 e. The second kappa shape index (κ2) is 4.47. The molecule has 0 unspecified atom stereocenters. The Kier molecular flexibility index (Phi) is 3.04. The highest BCUT2D eigenvalue weighted by Gasteiger charge is 2.14. The van der Waals surface area contributed by atoms with Gasteiger partial charge < -0.3 is 11.1 Å². The fourth-order valence-electron chi connectivity index (χ4n) is 1.98. The smallest absolute Gasteiger partial charge is 0.223 e. The van der Waals surface area contributed by atoms with Gasteiger partial charge in [0.05, 0.1) is 17.6 Å². The van der Waals surface area contributed by atoms with Crippen molar-refractivity contribution in [3.63, 3.8) is 0 Å². The molecule has 0 bridgehead atoms. The fourth-order valence-corrected chi connectivity index (χ4v) is 1.98. The van der Waals surface area contributed by atoms with Crippen LogP contribution in [0.15, 0.2) is 6.20 Å². The van der Waals surface area contributed by atoms with Crippen molar-refractivity contribution in [1.29, 1.82) is 0 Å². The number of nitrogen functional groups attached to an aromatic ring is 1. The van der Waals surface area contributed by atoms with Gasteiger partial charge in [-0.15, -0.1) is 0 Å². The summed E-state index contributed by atoms with van der Waals surface area (Å²) in [6.07, 6.45) is 8.12. The second-order valence-corrected chi connectivity index (χ2v) is 4.21. The molecule has 4 nitrogen and oxygen atoms in total. The predicted octanol–water partition coefficient (Wildman–Crippen LogP) is 2.11. The van der Waals surface area contributed by atoms with Crippen LogP contribution in [-0.2, 0) is 0 Å². The van der Waals surface area contributed by atoms with Crippen LogP contribution in [0.25, 0.3) is 0 Å². The number of rotatable bonds is 2. The largest absolute Gasteiger partial charge is 0.396 e. The lowest BCUT2D eigenvalue weighted by atomic mass is 9.96. The Labute approximate surface area is 90.3 Å². The van der Waals surface area contributed by atoms with E-state index in [0.29, 0.717) is 17.7 Å². The van der Waals surface area contributed by atoms with Crippen LogP contribution in [-0.4, -0.2) is 16.0 Å². The Morgan fingerprint density at radius 2 is 2.07 bits per heavy atom. The molecule has 0 atom stereocenters. The van der Waals surface area contributed by atoms with E-state index in [1.807, 2.05) is 6.92 Å². The van der Waals surface area contributed by atoms with Gasteiger partial charge >= 0.3 is 0 Å². The standard InChI is InChI=1S/C11H18N4/c1-8-10(12)7-13-11(14-8)15-9-5-3-2-4-6-9/h7,9H,2-6,12H2,1H3,(H,13,14,15). The Bertz CT molecular complexity index is 331. The molecule has 2 rings (SSSR count). The van der Waals surface area contributed by atoms with E-state index >= 15 is 0 Å². The summed E-state index contributed by atoms with van der Waals surface area (Å²) in [5.74, 6) is 0.716. The predicted molar refractivity (Wildman–Crippen MR) is 61.7 cm³/mol. The highest BCUT2D eigenvalue weighted by atomic mass is 15.1. The van der Waals surface area contributed by atoms with Crippen molar-refractivity contribution >= 4 is 11.6 Å². The van der Waals surface area contributed by atoms with Crippen molar-refractivity contribution in [3.8, 4) is 0 Å². The number of hydrogen-bond acceptors (Lipinski definition) is 4. The van der Waals surface area contributed by atoms with E-state index in [1.165, 1.54) is 32.1 Å². The molecule has 3 N–H and O–H groups in total. The van der Waals surface area contributed by atoms with Crippen molar-refractivity contribution in [2.24, 2.45) is 0 Å². The molecule has 1 aromatic heterocycles. The van der Waals surface area contributed by atoms with Crippen LogP contribution in [0.5, 0.6) is 0 Å². The second-order valence-electron chi connectivity index (χ2n) is 4.21. The van der Waals surface area contributed by atoms with E-state index in [0.717, 1.165) is 5.69 Å². The average Bonchev–Trinajstić information content (AvgIpc) is 2.25. The van der Waals surface area contributed by atoms with Gasteiger partial charge in [0.15, 0.2) is 0 Å². The minimum Gasteiger partial charge on any atom is -0.396 e. The van der Waals surface area contributed by atoms with Crippen molar-refractivity contribution in [3.05, 3.63) is 11.9 Å². The van der Waals surface area contributed by atoms with E-state index in [9.17, 15) is 0 Å². The van der Waals surface area contributed by atoms with Crippen LogP contribution in [0.2, 0.25) is 0 Å². The molecule has 1 saturated carbocycles. The molecular formula is C11H18N4. The minimum atomic E-state index is 0.543. The number of aromatic nitrogens is 2. The van der Waals surface area contributed by atoms with Gasteiger partial charge in [0.1, 0.15) is 0 Å². The Balaban J connectivity index is 2.00. The third-order valence-corrected chi connectivity index (χ3v) is 2.96.